The molecule has 1 heterocycles. The number of benzene rings is 1. The lowest BCUT2D eigenvalue weighted by Gasteiger charge is -2.32. The second kappa shape index (κ2) is 9.89. The number of likely N-dealkylation sites (tertiary alicyclic amines) is 1. The van der Waals surface area contributed by atoms with Crippen molar-refractivity contribution in [2.45, 2.75) is 51.0 Å². The van der Waals surface area contributed by atoms with E-state index in [0.717, 1.165) is 18.4 Å². The molecule has 5 nitrogen and oxygen atoms in total. The molecule has 0 aromatic heterocycles. The van der Waals surface area contributed by atoms with Crippen LogP contribution in [0.25, 0.3) is 0 Å². The molecule has 150 valence electrons. The van der Waals surface area contributed by atoms with E-state index in [9.17, 15) is 9.59 Å². The highest BCUT2D eigenvalue weighted by Crippen LogP contribution is 2.25. The Bertz CT molecular complexity index is 671. The van der Waals surface area contributed by atoms with E-state index in [4.69, 9.17) is 27.9 Å². The van der Waals surface area contributed by atoms with Gasteiger partial charge >= 0.3 is 6.09 Å². The third-order valence-corrected chi connectivity index (χ3v) is 5.62. The minimum atomic E-state index is -0.509. The number of hydrogen-bond acceptors (Lipinski definition) is 4. The van der Waals surface area contributed by atoms with Gasteiger partial charge in [0.05, 0.1) is 5.75 Å². The van der Waals surface area contributed by atoms with Gasteiger partial charge in [-0.05, 0) is 51.3 Å². The topological polar surface area (TPSA) is 58.6 Å². The molecule has 1 aromatic carbocycles. The minimum absolute atomic E-state index is 0.0458. The third kappa shape index (κ3) is 7.80. The molecule has 1 saturated heterocycles. The highest BCUT2D eigenvalue weighted by atomic mass is 35.5. The molecule has 0 unspecified atom stereocenters. The first-order valence-corrected chi connectivity index (χ1v) is 10.8. The number of ether oxygens (including phenoxy) is 1. The summed E-state index contributed by atoms with van der Waals surface area (Å²) < 4.78 is 5.27. The Morgan fingerprint density at radius 3 is 2.52 bits per heavy atom. The number of hydrogen-bond donors (Lipinski definition) is 1. The fourth-order valence-electron chi connectivity index (χ4n) is 2.73. The predicted molar refractivity (Wildman–Crippen MR) is 112 cm³/mol. The molecule has 8 heteroatoms. The summed E-state index contributed by atoms with van der Waals surface area (Å²) in [5.74, 6) is 1.18. The lowest BCUT2D eigenvalue weighted by molar-refractivity contribution is -0.129. The Balaban J connectivity index is 1.69. The number of amides is 2. The summed E-state index contributed by atoms with van der Waals surface area (Å²) in [7, 11) is 0. The summed E-state index contributed by atoms with van der Waals surface area (Å²) in [6.07, 6.45) is 1.07. The van der Waals surface area contributed by atoms with E-state index in [-0.39, 0.29) is 11.9 Å². The molecule has 0 saturated carbocycles. The maximum Gasteiger partial charge on any atom is 0.407 e. The maximum atomic E-state index is 12.4. The first-order chi connectivity index (χ1) is 12.6. The third-order valence-electron chi connectivity index (χ3n) is 4.07. The number of carbonyl (C=O) groups excluding carboxylic acids is 2. The van der Waals surface area contributed by atoms with Crippen LogP contribution in [0.4, 0.5) is 4.79 Å². The first kappa shape index (κ1) is 22.2. The van der Waals surface area contributed by atoms with Gasteiger partial charge < -0.3 is 15.0 Å². The van der Waals surface area contributed by atoms with E-state index in [1.54, 1.807) is 12.1 Å². The number of rotatable bonds is 5. The number of piperidine rings is 1. The average molecular weight is 433 g/mol. The zero-order valence-electron chi connectivity index (χ0n) is 15.9. The smallest absolute Gasteiger partial charge is 0.407 e. The Labute approximate surface area is 175 Å². The first-order valence-electron chi connectivity index (χ1n) is 8.93. The Hall–Kier alpha value is -1.11. The lowest BCUT2D eigenvalue weighted by atomic mass is 10.1. The van der Waals surface area contributed by atoms with E-state index in [0.29, 0.717) is 34.6 Å². The van der Waals surface area contributed by atoms with Crippen molar-refractivity contribution in [1.29, 1.82) is 0 Å². The van der Waals surface area contributed by atoms with E-state index >= 15 is 0 Å². The van der Waals surface area contributed by atoms with Crippen molar-refractivity contribution < 1.29 is 14.3 Å². The van der Waals surface area contributed by atoms with Gasteiger partial charge in [0.2, 0.25) is 5.91 Å². The number of nitrogens with zero attached hydrogens (tertiary/aromatic N) is 1. The van der Waals surface area contributed by atoms with Crippen LogP contribution in [0, 0.1) is 0 Å². The van der Waals surface area contributed by atoms with Crippen molar-refractivity contribution in [2.24, 2.45) is 0 Å². The van der Waals surface area contributed by atoms with Gasteiger partial charge in [0, 0.05) is 34.9 Å². The summed E-state index contributed by atoms with van der Waals surface area (Å²) in [5, 5.41) is 4.11. The molecular weight excluding hydrogens is 407 g/mol. The number of halogens is 2. The van der Waals surface area contributed by atoms with Gasteiger partial charge in [0.15, 0.2) is 0 Å². The lowest BCUT2D eigenvalue weighted by Crippen LogP contribution is -2.48. The number of nitrogens with one attached hydrogen (secondary N) is 1. The summed E-state index contributed by atoms with van der Waals surface area (Å²) in [5.41, 5.74) is 0.462. The van der Waals surface area contributed by atoms with Crippen molar-refractivity contribution in [1.82, 2.24) is 10.2 Å². The van der Waals surface area contributed by atoms with Gasteiger partial charge in [-0.2, -0.15) is 0 Å². The minimum Gasteiger partial charge on any atom is -0.444 e. The molecule has 0 bridgehead atoms. The summed E-state index contributed by atoms with van der Waals surface area (Å²) in [6.45, 7) is 6.79. The Morgan fingerprint density at radius 2 is 1.93 bits per heavy atom. The van der Waals surface area contributed by atoms with Crippen LogP contribution >= 0.6 is 35.0 Å². The van der Waals surface area contributed by atoms with Gasteiger partial charge in [-0.1, -0.05) is 29.3 Å². The molecule has 0 spiro atoms. The Kier molecular flexibility index (Phi) is 8.13. The quantitative estimate of drug-likeness (QED) is 0.729. The van der Waals surface area contributed by atoms with Crippen molar-refractivity contribution in [3.63, 3.8) is 0 Å². The molecule has 0 atom stereocenters. The number of thioether (sulfide) groups is 1. The van der Waals surface area contributed by atoms with Crippen LogP contribution in [0.2, 0.25) is 10.0 Å². The van der Waals surface area contributed by atoms with E-state index in [1.165, 1.54) is 11.8 Å². The molecular formula is C19H26Cl2N2O3S. The summed E-state index contributed by atoms with van der Waals surface area (Å²) in [6, 6.07) is 5.44. The molecule has 1 fully saturated rings. The van der Waals surface area contributed by atoms with Crippen LogP contribution in [0.1, 0.15) is 39.2 Å². The normalized spacial score (nSPS) is 15.5. The largest absolute Gasteiger partial charge is 0.444 e. The fraction of sp³-hybridized carbons (Fsp3) is 0.579. The van der Waals surface area contributed by atoms with E-state index in [2.05, 4.69) is 5.32 Å². The van der Waals surface area contributed by atoms with Crippen LogP contribution in [0.5, 0.6) is 0 Å². The van der Waals surface area contributed by atoms with Crippen molar-refractivity contribution >= 4 is 47.0 Å². The molecule has 1 aliphatic heterocycles. The van der Waals surface area contributed by atoms with Crippen LogP contribution < -0.4 is 5.32 Å². The van der Waals surface area contributed by atoms with Gasteiger partial charge in [-0.25, -0.2) is 4.79 Å². The monoisotopic (exact) mass is 432 g/mol. The van der Waals surface area contributed by atoms with Crippen LogP contribution in [0.3, 0.4) is 0 Å². The molecule has 1 N–H and O–H groups in total. The number of alkyl carbamates (subject to hydrolysis) is 1. The van der Waals surface area contributed by atoms with Gasteiger partial charge in [0.25, 0.3) is 0 Å². The summed E-state index contributed by atoms with van der Waals surface area (Å²) in [4.78, 5) is 26.1. The van der Waals surface area contributed by atoms with Gasteiger partial charge in [-0.15, -0.1) is 11.8 Å². The standard InChI is InChI=1S/C19H26Cl2N2O3S/c1-19(2,3)26-18(25)22-15-6-8-23(9-7-15)17(24)12-27-11-13-4-5-14(20)10-16(13)21/h4-5,10,15H,6-9,11-12H2,1-3H3,(H,22,25). The zero-order valence-corrected chi connectivity index (χ0v) is 18.2. The number of carbonyl (C=O) groups is 2. The molecule has 0 aliphatic carbocycles. The van der Waals surface area contributed by atoms with Crippen LogP contribution in [0.15, 0.2) is 18.2 Å². The fourth-order valence-corrected chi connectivity index (χ4v) is 4.21. The zero-order chi connectivity index (χ0) is 20.0. The van der Waals surface area contributed by atoms with E-state index < -0.39 is 11.7 Å². The molecule has 1 aliphatic rings. The van der Waals surface area contributed by atoms with Crippen molar-refractivity contribution in [3.05, 3.63) is 33.8 Å². The Morgan fingerprint density at radius 1 is 1.26 bits per heavy atom. The highest BCUT2D eigenvalue weighted by molar-refractivity contribution is 7.99. The van der Waals surface area contributed by atoms with E-state index in [1.807, 2.05) is 31.7 Å². The van der Waals surface area contributed by atoms with Crippen molar-refractivity contribution in [2.75, 3.05) is 18.8 Å². The molecule has 2 amide bonds. The summed E-state index contributed by atoms with van der Waals surface area (Å²) >= 11 is 13.6. The molecule has 1 aromatic rings. The highest BCUT2D eigenvalue weighted by Gasteiger charge is 2.25. The second-order valence-electron chi connectivity index (χ2n) is 7.53. The average Bonchev–Trinajstić information content (AvgIpc) is 2.55. The molecule has 2 rings (SSSR count). The van der Waals surface area contributed by atoms with Crippen LogP contribution in [-0.2, 0) is 15.3 Å². The maximum absolute atomic E-state index is 12.4. The van der Waals surface area contributed by atoms with Gasteiger partial charge in [0.1, 0.15) is 5.60 Å². The van der Waals surface area contributed by atoms with Gasteiger partial charge in [-0.3, -0.25) is 4.79 Å². The van der Waals surface area contributed by atoms with Crippen molar-refractivity contribution in [3.8, 4) is 0 Å². The van der Waals surface area contributed by atoms with Crippen LogP contribution in [-0.4, -0.2) is 47.4 Å². The molecule has 27 heavy (non-hydrogen) atoms. The SMILES string of the molecule is CC(C)(C)OC(=O)NC1CCN(C(=O)CSCc2ccc(Cl)cc2Cl)CC1. The molecule has 0 radical (unpaired) electrons. The second-order valence-corrected chi connectivity index (χ2v) is 9.36. The predicted octanol–water partition coefficient (Wildman–Crippen LogP) is 4.74.